The fourth-order valence-electron chi connectivity index (χ4n) is 3.46. The van der Waals surface area contributed by atoms with Crippen LogP contribution in [0.1, 0.15) is 39.2 Å². The van der Waals surface area contributed by atoms with Gasteiger partial charge in [0, 0.05) is 25.7 Å². The fraction of sp³-hybridized carbons (Fsp3) is 0.647. The molecule has 1 aromatic carbocycles. The minimum absolute atomic E-state index is 0.0394. The summed E-state index contributed by atoms with van der Waals surface area (Å²) in [6.07, 6.45) is 2.31. The SMILES string of the molecule is CC(C)(C)c1ccc(S(=O)(=O)N2CCN3CCCC3C2)cc1. The number of piperazine rings is 1. The van der Waals surface area contributed by atoms with E-state index < -0.39 is 10.0 Å². The van der Waals surface area contributed by atoms with Crippen molar-refractivity contribution in [3.05, 3.63) is 29.8 Å². The van der Waals surface area contributed by atoms with Crippen molar-refractivity contribution in [3.63, 3.8) is 0 Å². The highest BCUT2D eigenvalue weighted by atomic mass is 32.2. The summed E-state index contributed by atoms with van der Waals surface area (Å²) >= 11 is 0. The van der Waals surface area contributed by atoms with Crippen molar-refractivity contribution < 1.29 is 8.42 Å². The van der Waals surface area contributed by atoms with Crippen molar-refractivity contribution in [3.8, 4) is 0 Å². The van der Waals surface area contributed by atoms with Crippen LogP contribution in [0.2, 0.25) is 0 Å². The molecule has 2 aliphatic rings. The van der Waals surface area contributed by atoms with Crippen molar-refractivity contribution in [2.75, 3.05) is 26.2 Å². The number of fused-ring (bicyclic) bond motifs is 1. The van der Waals surface area contributed by atoms with Gasteiger partial charge in [-0.1, -0.05) is 32.9 Å². The lowest BCUT2D eigenvalue weighted by Gasteiger charge is -2.36. The lowest BCUT2D eigenvalue weighted by Crippen LogP contribution is -2.51. The molecule has 22 heavy (non-hydrogen) atoms. The molecule has 2 fully saturated rings. The van der Waals surface area contributed by atoms with E-state index in [0.29, 0.717) is 24.0 Å². The molecule has 0 aromatic heterocycles. The van der Waals surface area contributed by atoms with Crippen LogP contribution in [0.25, 0.3) is 0 Å². The standard InChI is InChI=1S/C17H26N2O2S/c1-17(2,3)14-6-8-16(9-7-14)22(20,21)19-12-11-18-10-4-5-15(18)13-19/h6-9,15H,4-5,10-13H2,1-3H3. The first-order valence-corrected chi connectivity index (χ1v) is 9.57. The summed E-state index contributed by atoms with van der Waals surface area (Å²) in [7, 11) is -3.36. The van der Waals surface area contributed by atoms with E-state index >= 15 is 0 Å². The Bertz CT molecular complexity index is 632. The Kier molecular flexibility index (Phi) is 4.08. The predicted octanol–water partition coefficient (Wildman–Crippen LogP) is 2.45. The lowest BCUT2D eigenvalue weighted by molar-refractivity contribution is 0.158. The molecule has 0 bridgehead atoms. The summed E-state index contributed by atoms with van der Waals surface area (Å²) < 4.78 is 27.4. The van der Waals surface area contributed by atoms with Crippen molar-refractivity contribution >= 4 is 10.0 Å². The molecule has 1 atom stereocenters. The van der Waals surface area contributed by atoms with Gasteiger partial charge >= 0.3 is 0 Å². The predicted molar refractivity (Wildman–Crippen MR) is 88.5 cm³/mol. The second-order valence-electron chi connectivity index (χ2n) is 7.47. The topological polar surface area (TPSA) is 40.6 Å². The molecule has 1 unspecified atom stereocenters. The van der Waals surface area contributed by atoms with E-state index in [1.165, 1.54) is 6.42 Å². The van der Waals surface area contributed by atoms with Gasteiger partial charge in [0.25, 0.3) is 0 Å². The molecular formula is C17H26N2O2S. The van der Waals surface area contributed by atoms with Gasteiger partial charge in [0.2, 0.25) is 10.0 Å². The quantitative estimate of drug-likeness (QED) is 0.840. The summed E-state index contributed by atoms with van der Waals surface area (Å²) in [6, 6.07) is 7.82. The van der Waals surface area contributed by atoms with Crippen LogP contribution in [0.4, 0.5) is 0 Å². The van der Waals surface area contributed by atoms with E-state index in [9.17, 15) is 8.42 Å². The first-order valence-electron chi connectivity index (χ1n) is 8.13. The normalized spacial score (nSPS) is 24.4. The monoisotopic (exact) mass is 322 g/mol. The van der Waals surface area contributed by atoms with Gasteiger partial charge in [-0.2, -0.15) is 4.31 Å². The molecule has 122 valence electrons. The molecule has 0 aliphatic carbocycles. The summed E-state index contributed by atoms with van der Waals surface area (Å²) in [6.45, 7) is 9.65. The molecule has 2 heterocycles. The average molecular weight is 322 g/mol. The van der Waals surface area contributed by atoms with Gasteiger partial charge in [-0.15, -0.1) is 0 Å². The maximum absolute atomic E-state index is 12.8. The molecule has 3 rings (SSSR count). The maximum atomic E-state index is 12.8. The summed E-state index contributed by atoms with van der Waals surface area (Å²) in [5, 5.41) is 0. The third kappa shape index (κ3) is 2.94. The summed E-state index contributed by atoms with van der Waals surface area (Å²) in [5.74, 6) is 0. The molecule has 0 spiro atoms. The number of sulfonamides is 1. The third-order valence-corrected chi connectivity index (χ3v) is 6.79. The zero-order valence-corrected chi connectivity index (χ0v) is 14.6. The van der Waals surface area contributed by atoms with Crippen LogP contribution < -0.4 is 0 Å². The van der Waals surface area contributed by atoms with Crippen LogP contribution in [0, 0.1) is 0 Å². The Hall–Kier alpha value is -0.910. The number of benzene rings is 1. The highest BCUT2D eigenvalue weighted by molar-refractivity contribution is 7.89. The van der Waals surface area contributed by atoms with Gasteiger partial charge in [-0.3, -0.25) is 4.90 Å². The number of hydrogen-bond donors (Lipinski definition) is 0. The molecule has 1 aromatic rings. The smallest absolute Gasteiger partial charge is 0.243 e. The van der Waals surface area contributed by atoms with Gasteiger partial charge in [-0.05, 0) is 42.5 Å². The number of nitrogens with zero attached hydrogens (tertiary/aromatic N) is 2. The minimum Gasteiger partial charge on any atom is -0.298 e. The fourth-order valence-corrected chi connectivity index (χ4v) is 4.93. The highest BCUT2D eigenvalue weighted by Gasteiger charge is 2.36. The van der Waals surface area contributed by atoms with E-state index in [1.807, 2.05) is 12.1 Å². The molecule has 4 nitrogen and oxygen atoms in total. The minimum atomic E-state index is -3.36. The van der Waals surface area contributed by atoms with Crippen molar-refractivity contribution in [2.45, 2.75) is 50.0 Å². The maximum Gasteiger partial charge on any atom is 0.243 e. The first-order chi connectivity index (χ1) is 10.3. The van der Waals surface area contributed by atoms with Crippen LogP contribution >= 0.6 is 0 Å². The molecule has 2 aliphatic heterocycles. The third-order valence-electron chi connectivity index (χ3n) is 4.91. The van der Waals surface area contributed by atoms with Gasteiger partial charge < -0.3 is 0 Å². The van der Waals surface area contributed by atoms with Crippen LogP contribution in [0.3, 0.4) is 0 Å². The van der Waals surface area contributed by atoms with E-state index in [1.54, 1.807) is 16.4 Å². The van der Waals surface area contributed by atoms with E-state index in [0.717, 1.165) is 25.1 Å². The second-order valence-corrected chi connectivity index (χ2v) is 9.41. The molecule has 0 amide bonds. The van der Waals surface area contributed by atoms with Crippen molar-refractivity contribution in [1.82, 2.24) is 9.21 Å². The van der Waals surface area contributed by atoms with Gasteiger partial charge in [0.05, 0.1) is 4.90 Å². The molecule has 2 saturated heterocycles. The largest absolute Gasteiger partial charge is 0.298 e. The van der Waals surface area contributed by atoms with Gasteiger partial charge in [0.15, 0.2) is 0 Å². The highest BCUT2D eigenvalue weighted by Crippen LogP contribution is 2.27. The Morgan fingerprint density at radius 2 is 1.73 bits per heavy atom. The van der Waals surface area contributed by atoms with Crippen LogP contribution in [0.15, 0.2) is 29.2 Å². The zero-order chi connectivity index (χ0) is 16.0. The molecule has 0 N–H and O–H groups in total. The second kappa shape index (κ2) is 5.62. The Morgan fingerprint density at radius 3 is 2.36 bits per heavy atom. The summed E-state index contributed by atoms with van der Waals surface area (Å²) in [4.78, 5) is 2.85. The molecule has 0 saturated carbocycles. The Morgan fingerprint density at radius 1 is 1.05 bits per heavy atom. The van der Waals surface area contributed by atoms with Crippen molar-refractivity contribution in [1.29, 1.82) is 0 Å². The van der Waals surface area contributed by atoms with E-state index in [2.05, 4.69) is 25.7 Å². The van der Waals surface area contributed by atoms with Crippen LogP contribution in [0.5, 0.6) is 0 Å². The molecular weight excluding hydrogens is 296 g/mol. The lowest BCUT2D eigenvalue weighted by atomic mass is 9.87. The molecule has 0 radical (unpaired) electrons. The van der Waals surface area contributed by atoms with Gasteiger partial charge in [-0.25, -0.2) is 8.42 Å². The number of hydrogen-bond acceptors (Lipinski definition) is 3. The number of rotatable bonds is 2. The van der Waals surface area contributed by atoms with Crippen LogP contribution in [-0.2, 0) is 15.4 Å². The summed E-state index contributed by atoms with van der Waals surface area (Å²) in [5.41, 5.74) is 1.20. The van der Waals surface area contributed by atoms with Crippen LogP contribution in [-0.4, -0.2) is 49.8 Å². The van der Waals surface area contributed by atoms with Crippen molar-refractivity contribution in [2.24, 2.45) is 0 Å². The Labute approximate surface area is 134 Å². The van der Waals surface area contributed by atoms with E-state index in [-0.39, 0.29) is 5.41 Å². The van der Waals surface area contributed by atoms with E-state index in [4.69, 9.17) is 0 Å². The Balaban J connectivity index is 1.81. The average Bonchev–Trinajstić information content (AvgIpc) is 2.94. The molecule has 5 heteroatoms. The first kappa shape index (κ1) is 16.0. The van der Waals surface area contributed by atoms with Gasteiger partial charge in [0.1, 0.15) is 0 Å². The zero-order valence-electron chi connectivity index (χ0n) is 13.7.